The topological polar surface area (TPSA) is 65.5 Å². The molecule has 1 atom stereocenters. The Morgan fingerprint density at radius 3 is 2.60 bits per heavy atom. The fourth-order valence-corrected chi connectivity index (χ4v) is 2.89. The highest BCUT2D eigenvalue weighted by Gasteiger charge is 2.14. The molecule has 3 N–H and O–H groups in total. The van der Waals surface area contributed by atoms with Crippen LogP contribution in [0.5, 0.6) is 0 Å². The molecular formula is C13H27IN4OS. The standard InChI is InChI=1S/C13H26N4OS.HI/c1-10(2)12(18)15-6-7-16-13(14-3)17-11-5-4-8-19-9-11;/h10-11H,4-9H2,1-3H3,(H,15,18)(H2,14,16,17);1H. The number of nitrogens with one attached hydrogen (secondary N) is 3. The Hall–Kier alpha value is -0.180. The molecule has 1 heterocycles. The zero-order valence-electron chi connectivity index (χ0n) is 12.6. The van der Waals surface area contributed by atoms with Crippen LogP contribution in [0.25, 0.3) is 0 Å². The first-order valence-electron chi connectivity index (χ1n) is 6.96. The third kappa shape index (κ3) is 8.18. The predicted octanol–water partition coefficient (Wildman–Crippen LogP) is 1.44. The van der Waals surface area contributed by atoms with Crippen LogP contribution in [0.2, 0.25) is 0 Å². The molecular weight excluding hydrogens is 387 g/mol. The van der Waals surface area contributed by atoms with Crippen molar-refractivity contribution >= 4 is 47.6 Å². The van der Waals surface area contributed by atoms with E-state index in [1.807, 2.05) is 25.6 Å². The molecule has 0 bridgehead atoms. The first kappa shape index (κ1) is 19.8. The van der Waals surface area contributed by atoms with Crippen LogP contribution in [0, 0.1) is 5.92 Å². The van der Waals surface area contributed by atoms with E-state index in [9.17, 15) is 4.79 Å². The Bertz CT molecular complexity index is 307. The Morgan fingerprint density at radius 1 is 1.35 bits per heavy atom. The first-order chi connectivity index (χ1) is 9.13. The van der Waals surface area contributed by atoms with Gasteiger partial charge in [0.15, 0.2) is 5.96 Å². The molecule has 1 amide bonds. The van der Waals surface area contributed by atoms with E-state index >= 15 is 0 Å². The molecule has 118 valence electrons. The van der Waals surface area contributed by atoms with Crippen molar-refractivity contribution in [2.45, 2.75) is 32.7 Å². The minimum Gasteiger partial charge on any atom is -0.355 e. The smallest absolute Gasteiger partial charge is 0.222 e. The van der Waals surface area contributed by atoms with Crippen molar-refractivity contribution in [2.75, 3.05) is 31.6 Å². The molecule has 1 aliphatic heterocycles. The van der Waals surface area contributed by atoms with Gasteiger partial charge in [-0.25, -0.2) is 0 Å². The average Bonchev–Trinajstić information content (AvgIpc) is 2.42. The van der Waals surface area contributed by atoms with Gasteiger partial charge in [0.25, 0.3) is 0 Å². The summed E-state index contributed by atoms with van der Waals surface area (Å²) in [5, 5.41) is 9.52. The average molecular weight is 414 g/mol. The predicted molar refractivity (Wildman–Crippen MR) is 98.1 cm³/mol. The maximum Gasteiger partial charge on any atom is 0.222 e. The fourth-order valence-electron chi connectivity index (χ4n) is 1.81. The molecule has 1 aliphatic rings. The SMILES string of the molecule is CN=C(NCCNC(=O)C(C)C)NC1CCCSC1.I. The third-order valence-corrected chi connectivity index (χ3v) is 4.18. The first-order valence-corrected chi connectivity index (χ1v) is 8.11. The summed E-state index contributed by atoms with van der Waals surface area (Å²) in [7, 11) is 1.78. The number of carbonyl (C=O) groups is 1. The van der Waals surface area contributed by atoms with Gasteiger partial charge in [0.05, 0.1) is 0 Å². The van der Waals surface area contributed by atoms with Crippen molar-refractivity contribution in [1.29, 1.82) is 0 Å². The minimum atomic E-state index is 0. The maximum absolute atomic E-state index is 11.4. The van der Waals surface area contributed by atoms with Gasteiger partial charge in [0.1, 0.15) is 0 Å². The van der Waals surface area contributed by atoms with Crippen molar-refractivity contribution in [2.24, 2.45) is 10.9 Å². The Morgan fingerprint density at radius 2 is 2.05 bits per heavy atom. The second-order valence-corrected chi connectivity index (χ2v) is 6.15. The van der Waals surface area contributed by atoms with E-state index in [0.717, 1.165) is 11.7 Å². The highest BCUT2D eigenvalue weighted by atomic mass is 127. The van der Waals surface area contributed by atoms with Gasteiger partial charge in [-0.05, 0) is 18.6 Å². The normalized spacial score (nSPS) is 19.2. The molecule has 0 aliphatic carbocycles. The van der Waals surface area contributed by atoms with E-state index in [-0.39, 0.29) is 35.8 Å². The van der Waals surface area contributed by atoms with Crippen molar-refractivity contribution in [3.05, 3.63) is 0 Å². The number of guanidine groups is 1. The lowest BCUT2D eigenvalue weighted by Gasteiger charge is -2.24. The van der Waals surface area contributed by atoms with Crippen LogP contribution in [0.1, 0.15) is 26.7 Å². The van der Waals surface area contributed by atoms with Crippen LogP contribution in [0.4, 0.5) is 0 Å². The number of carbonyl (C=O) groups excluding carboxylic acids is 1. The van der Waals surface area contributed by atoms with E-state index in [0.29, 0.717) is 19.1 Å². The summed E-state index contributed by atoms with van der Waals surface area (Å²) >= 11 is 1.99. The molecule has 0 aromatic rings. The summed E-state index contributed by atoms with van der Waals surface area (Å²) in [4.78, 5) is 15.6. The van der Waals surface area contributed by atoms with Crippen molar-refractivity contribution in [1.82, 2.24) is 16.0 Å². The van der Waals surface area contributed by atoms with Gasteiger partial charge in [-0.2, -0.15) is 11.8 Å². The van der Waals surface area contributed by atoms with Crippen LogP contribution in [0.3, 0.4) is 0 Å². The molecule has 1 fully saturated rings. The lowest BCUT2D eigenvalue weighted by molar-refractivity contribution is -0.123. The summed E-state index contributed by atoms with van der Waals surface area (Å²) in [6, 6.07) is 0.509. The summed E-state index contributed by atoms with van der Waals surface area (Å²) < 4.78 is 0. The lowest BCUT2D eigenvalue weighted by atomic mass is 10.2. The highest BCUT2D eigenvalue weighted by molar-refractivity contribution is 14.0. The Kier molecular flexibility index (Phi) is 11.4. The molecule has 0 aromatic heterocycles. The number of halogens is 1. The van der Waals surface area contributed by atoms with Gasteiger partial charge in [-0.3, -0.25) is 9.79 Å². The van der Waals surface area contributed by atoms with E-state index < -0.39 is 0 Å². The number of hydrogen-bond donors (Lipinski definition) is 3. The van der Waals surface area contributed by atoms with Gasteiger partial charge in [0.2, 0.25) is 5.91 Å². The fraction of sp³-hybridized carbons (Fsp3) is 0.846. The quantitative estimate of drug-likeness (QED) is 0.276. The van der Waals surface area contributed by atoms with E-state index in [2.05, 4.69) is 20.9 Å². The lowest BCUT2D eigenvalue weighted by Crippen LogP contribution is -2.47. The van der Waals surface area contributed by atoms with Gasteiger partial charge >= 0.3 is 0 Å². The van der Waals surface area contributed by atoms with Crippen molar-refractivity contribution in [3.63, 3.8) is 0 Å². The summed E-state index contributed by atoms with van der Waals surface area (Å²) in [5.74, 6) is 3.37. The summed E-state index contributed by atoms with van der Waals surface area (Å²) in [6.45, 7) is 5.10. The van der Waals surface area contributed by atoms with Crippen LogP contribution in [-0.4, -0.2) is 49.6 Å². The number of rotatable bonds is 5. The van der Waals surface area contributed by atoms with Gasteiger partial charge < -0.3 is 16.0 Å². The number of aliphatic imine (C=N–C) groups is 1. The zero-order chi connectivity index (χ0) is 14.1. The third-order valence-electron chi connectivity index (χ3n) is 2.97. The van der Waals surface area contributed by atoms with Gasteiger partial charge in [-0.1, -0.05) is 13.8 Å². The highest BCUT2D eigenvalue weighted by Crippen LogP contribution is 2.16. The van der Waals surface area contributed by atoms with E-state index in [1.165, 1.54) is 18.6 Å². The molecule has 0 saturated carbocycles. The van der Waals surface area contributed by atoms with E-state index in [4.69, 9.17) is 0 Å². The van der Waals surface area contributed by atoms with Crippen LogP contribution in [0.15, 0.2) is 4.99 Å². The molecule has 1 saturated heterocycles. The van der Waals surface area contributed by atoms with Gasteiger partial charge in [-0.15, -0.1) is 24.0 Å². The van der Waals surface area contributed by atoms with Gasteiger partial charge in [0, 0.05) is 37.8 Å². The van der Waals surface area contributed by atoms with Crippen molar-refractivity contribution in [3.8, 4) is 0 Å². The maximum atomic E-state index is 11.4. The largest absolute Gasteiger partial charge is 0.355 e. The number of thioether (sulfide) groups is 1. The number of hydrogen-bond acceptors (Lipinski definition) is 3. The van der Waals surface area contributed by atoms with Crippen LogP contribution >= 0.6 is 35.7 Å². The summed E-state index contributed by atoms with van der Waals surface area (Å²) in [5.41, 5.74) is 0. The molecule has 5 nitrogen and oxygen atoms in total. The van der Waals surface area contributed by atoms with E-state index in [1.54, 1.807) is 7.05 Å². The second kappa shape index (κ2) is 11.5. The molecule has 0 radical (unpaired) electrons. The second-order valence-electron chi connectivity index (χ2n) is 5.00. The molecule has 0 spiro atoms. The molecule has 20 heavy (non-hydrogen) atoms. The molecule has 1 unspecified atom stereocenters. The summed E-state index contributed by atoms with van der Waals surface area (Å²) in [6.07, 6.45) is 2.47. The molecule has 1 rings (SSSR count). The van der Waals surface area contributed by atoms with Crippen LogP contribution in [-0.2, 0) is 4.79 Å². The minimum absolute atomic E-state index is 0. The Balaban J connectivity index is 0.00000361. The van der Waals surface area contributed by atoms with Crippen LogP contribution < -0.4 is 16.0 Å². The molecule has 0 aromatic carbocycles. The number of amides is 1. The van der Waals surface area contributed by atoms with Crippen molar-refractivity contribution < 1.29 is 4.79 Å². The zero-order valence-corrected chi connectivity index (χ0v) is 15.7. The molecule has 7 heteroatoms. The monoisotopic (exact) mass is 414 g/mol. The Labute approximate surface area is 143 Å². The number of nitrogens with zero attached hydrogens (tertiary/aromatic N) is 1.